The van der Waals surface area contributed by atoms with Crippen molar-refractivity contribution in [3.63, 3.8) is 0 Å². The highest BCUT2D eigenvalue weighted by Crippen LogP contribution is 2.33. The molecule has 1 atom stereocenters. The van der Waals surface area contributed by atoms with Crippen LogP contribution in [-0.4, -0.2) is 37.0 Å². The van der Waals surface area contributed by atoms with Crippen molar-refractivity contribution in [1.82, 2.24) is 10.2 Å². The number of hydrogen-bond donors (Lipinski definition) is 1. The molecule has 0 aromatic carbocycles. The third kappa shape index (κ3) is 4.85. The number of carbonyl (C=O) groups excluding carboxylic acids is 1. The summed E-state index contributed by atoms with van der Waals surface area (Å²) in [5.74, 6) is 0.888. The average molecular weight is 403 g/mol. The number of carbonyl (C=O) groups is 1. The Morgan fingerprint density at radius 3 is 2.79 bits per heavy atom. The number of amides is 1. The highest BCUT2D eigenvalue weighted by molar-refractivity contribution is 7.12. The number of rotatable bonds is 6. The van der Waals surface area contributed by atoms with Crippen LogP contribution < -0.4 is 5.32 Å². The van der Waals surface area contributed by atoms with Gasteiger partial charge in [0.25, 0.3) is 5.91 Å². The van der Waals surface area contributed by atoms with Crippen molar-refractivity contribution in [3.05, 3.63) is 45.5 Å². The molecule has 1 amide bonds. The molecular formula is C22H30N2O3S. The van der Waals surface area contributed by atoms with Crippen molar-refractivity contribution in [2.75, 3.05) is 26.2 Å². The van der Waals surface area contributed by atoms with Crippen molar-refractivity contribution in [1.29, 1.82) is 0 Å². The van der Waals surface area contributed by atoms with Crippen LogP contribution in [-0.2, 0) is 11.3 Å². The molecule has 2 saturated heterocycles. The Labute approximate surface area is 171 Å². The molecule has 1 N–H and O–H groups in total. The molecule has 2 aliphatic rings. The van der Waals surface area contributed by atoms with E-state index in [0.717, 1.165) is 57.6 Å². The van der Waals surface area contributed by atoms with E-state index >= 15 is 0 Å². The zero-order chi connectivity index (χ0) is 19.3. The summed E-state index contributed by atoms with van der Waals surface area (Å²) in [6.07, 6.45) is 7.78. The Balaban J connectivity index is 1.20. The monoisotopic (exact) mass is 402 g/mol. The molecule has 152 valence electrons. The van der Waals surface area contributed by atoms with Gasteiger partial charge in [-0.05, 0) is 76.2 Å². The van der Waals surface area contributed by atoms with Crippen molar-refractivity contribution in [2.45, 2.75) is 51.7 Å². The van der Waals surface area contributed by atoms with Crippen LogP contribution in [0.2, 0.25) is 0 Å². The summed E-state index contributed by atoms with van der Waals surface area (Å²) in [6.45, 7) is 6.74. The van der Waals surface area contributed by atoms with Crippen LogP contribution in [0, 0.1) is 12.8 Å². The van der Waals surface area contributed by atoms with E-state index in [9.17, 15) is 4.79 Å². The van der Waals surface area contributed by atoms with Gasteiger partial charge in [-0.1, -0.05) is 0 Å². The van der Waals surface area contributed by atoms with E-state index in [1.165, 1.54) is 22.6 Å². The van der Waals surface area contributed by atoms with Gasteiger partial charge in [-0.25, -0.2) is 0 Å². The van der Waals surface area contributed by atoms with Crippen molar-refractivity contribution in [3.8, 4) is 0 Å². The molecule has 1 unspecified atom stereocenters. The van der Waals surface area contributed by atoms with Gasteiger partial charge in [0.15, 0.2) is 5.76 Å². The smallest absolute Gasteiger partial charge is 0.287 e. The van der Waals surface area contributed by atoms with Gasteiger partial charge in [0.05, 0.1) is 12.4 Å². The van der Waals surface area contributed by atoms with Gasteiger partial charge in [-0.2, -0.15) is 0 Å². The third-order valence-electron chi connectivity index (χ3n) is 5.89. The second kappa shape index (κ2) is 9.25. The predicted octanol–water partition coefficient (Wildman–Crippen LogP) is 4.53. The number of furan rings is 1. The van der Waals surface area contributed by atoms with Crippen LogP contribution in [0.15, 0.2) is 28.9 Å². The SMILES string of the molecule is Cc1ccoc1C(=O)NCC1CCN(Cc2ccc(C3CCCCO3)s2)CC1. The topological polar surface area (TPSA) is 54.7 Å². The zero-order valence-corrected chi connectivity index (χ0v) is 17.4. The fourth-order valence-electron chi connectivity index (χ4n) is 4.11. The highest BCUT2D eigenvalue weighted by atomic mass is 32.1. The zero-order valence-electron chi connectivity index (χ0n) is 16.6. The molecule has 5 nitrogen and oxygen atoms in total. The predicted molar refractivity (Wildman–Crippen MR) is 111 cm³/mol. The Morgan fingerprint density at radius 1 is 1.21 bits per heavy atom. The maximum atomic E-state index is 12.2. The fraction of sp³-hybridized carbons (Fsp3) is 0.591. The molecule has 2 aliphatic heterocycles. The maximum Gasteiger partial charge on any atom is 0.287 e. The van der Waals surface area contributed by atoms with Crippen molar-refractivity contribution < 1.29 is 13.9 Å². The summed E-state index contributed by atoms with van der Waals surface area (Å²) in [7, 11) is 0. The average Bonchev–Trinajstić information content (AvgIpc) is 3.37. The standard InChI is InChI=1S/C22H30N2O3S/c1-16-9-13-27-21(16)22(25)23-14-17-7-10-24(11-8-17)15-18-5-6-20(28-18)19-4-2-3-12-26-19/h5-6,9,13,17,19H,2-4,7-8,10-12,14-15H2,1H3,(H,23,25). The minimum absolute atomic E-state index is 0.0963. The molecule has 2 aromatic heterocycles. The van der Waals surface area contributed by atoms with Gasteiger partial charge in [0.2, 0.25) is 0 Å². The highest BCUT2D eigenvalue weighted by Gasteiger charge is 2.22. The van der Waals surface area contributed by atoms with Crippen molar-refractivity contribution in [2.24, 2.45) is 5.92 Å². The molecule has 4 heterocycles. The fourth-order valence-corrected chi connectivity index (χ4v) is 5.25. The first kappa shape index (κ1) is 19.7. The van der Waals surface area contributed by atoms with Gasteiger partial charge >= 0.3 is 0 Å². The molecule has 2 aromatic rings. The first-order valence-corrected chi connectivity index (χ1v) is 11.3. The molecule has 0 aliphatic carbocycles. The van der Waals surface area contributed by atoms with Crippen molar-refractivity contribution >= 4 is 17.2 Å². The first-order chi connectivity index (χ1) is 13.7. The summed E-state index contributed by atoms with van der Waals surface area (Å²) in [4.78, 5) is 17.5. The van der Waals surface area contributed by atoms with Crippen LogP contribution in [0.3, 0.4) is 0 Å². The molecule has 0 spiro atoms. The summed E-state index contributed by atoms with van der Waals surface area (Å²) in [6, 6.07) is 6.36. The summed E-state index contributed by atoms with van der Waals surface area (Å²) in [5, 5.41) is 3.04. The number of nitrogens with zero attached hydrogens (tertiary/aromatic N) is 1. The van der Waals surface area contributed by atoms with Crippen LogP contribution in [0.1, 0.15) is 64.1 Å². The van der Waals surface area contributed by atoms with E-state index in [2.05, 4.69) is 22.3 Å². The van der Waals surface area contributed by atoms with E-state index in [1.54, 1.807) is 6.26 Å². The van der Waals surface area contributed by atoms with Gasteiger partial charge in [-0.15, -0.1) is 11.3 Å². The number of aryl methyl sites for hydroxylation is 1. The Hall–Kier alpha value is -1.63. The number of hydrogen-bond acceptors (Lipinski definition) is 5. The lowest BCUT2D eigenvalue weighted by atomic mass is 9.96. The summed E-state index contributed by atoms with van der Waals surface area (Å²) in [5.41, 5.74) is 0.890. The Kier molecular flexibility index (Phi) is 6.50. The lowest BCUT2D eigenvalue weighted by Crippen LogP contribution is -2.38. The number of likely N-dealkylation sites (tertiary alicyclic amines) is 1. The molecular weight excluding hydrogens is 372 g/mol. The lowest BCUT2D eigenvalue weighted by Gasteiger charge is -2.31. The van der Waals surface area contributed by atoms with Crippen LogP contribution in [0.25, 0.3) is 0 Å². The van der Waals surface area contributed by atoms with E-state index in [0.29, 0.717) is 17.8 Å². The number of nitrogens with one attached hydrogen (secondary N) is 1. The third-order valence-corrected chi connectivity index (χ3v) is 7.05. The second-order valence-corrected chi connectivity index (χ2v) is 9.22. The van der Waals surface area contributed by atoms with Crippen LogP contribution >= 0.6 is 11.3 Å². The van der Waals surface area contributed by atoms with Gasteiger partial charge in [0.1, 0.15) is 0 Å². The molecule has 28 heavy (non-hydrogen) atoms. The largest absolute Gasteiger partial charge is 0.459 e. The quantitative estimate of drug-likeness (QED) is 0.771. The number of thiophene rings is 1. The normalized spacial score (nSPS) is 21.7. The van der Waals surface area contributed by atoms with Gasteiger partial charge < -0.3 is 14.5 Å². The molecule has 2 fully saturated rings. The van der Waals surface area contributed by atoms with E-state index in [4.69, 9.17) is 9.15 Å². The maximum absolute atomic E-state index is 12.2. The molecule has 0 bridgehead atoms. The van der Waals surface area contributed by atoms with Gasteiger partial charge in [-0.3, -0.25) is 9.69 Å². The second-order valence-electron chi connectivity index (χ2n) is 8.02. The van der Waals surface area contributed by atoms with E-state index in [-0.39, 0.29) is 5.91 Å². The number of ether oxygens (including phenoxy) is 1. The van der Waals surface area contributed by atoms with E-state index in [1.807, 2.05) is 24.3 Å². The molecule has 0 radical (unpaired) electrons. The van der Waals surface area contributed by atoms with E-state index < -0.39 is 0 Å². The Bertz CT molecular complexity index is 770. The lowest BCUT2D eigenvalue weighted by molar-refractivity contribution is 0.0172. The molecule has 4 rings (SSSR count). The van der Waals surface area contributed by atoms with Crippen LogP contribution in [0.5, 0.6) is 0 Å². The summed E-state index contributed by atoms with van der Waals surface area (Å²) < 4.78 is 11.2. The summed E-state index contributed by atoms with van der Waals surface area (Å²) >= 11 is 1.91. The molecule has 6 heteroatoms. The number of piperidine rings is 1. The minimum atomic E-state index is -0.0963. The minimum Gasteiger partial charge on any atom is -0.459 e. The van der Waals surface area contributed by atoms with Gasteiger partial charge in [0, 0.05) is 35.0 Å². The Morgan fingerprint density at radius 2 is 2.07 bits per heavy atom. The van der Waals surface area contributed by atoms with Crippen LogP contribution in [0.4, 0.5) is 0 Å². The molecule has 0 saturated carbocycles. The first-order valence-electron chi connectivity index (χ1n) is 10.4.